The summed E-state index contributed by atoms with van der Waals surface area (Å²) in [6.45, 7) is 5.81. The Balaban J connectivity index is 2.68. The van der Waals surface area contributed by atoms with Crippen molar-refractivity contribution in [3.8, 4) is 0 Å². The summed E-state index contributed by atoms with van der Waals surface area (Å²) in [4.78, 5) is 12.7. The van der Waals surface area contributed by atoms with Gasteiger partial charge in [-0.3, -0.25) is 5.32 Å². The van der Waals surface area contributed by atoms with E-state index >= 15 is 0 Å². The summed E-state index contributed by atoms with van der Waals surface area (Å²) in [5.74, 6) is 0. The number of likely N-dealkylation sites (tertiary alicyclic amines) is 1. The molecule has 0 aromatic rings. The highest BCUT2D eigenvalue weighted by molar-refractivity contribution is 14.1. The van der Waals surface area contributed by atoms with Crippen LogP contribution in [0.2, 0.25) is 0 Å². The number of hydrogen-bond acceptors (Lipinski definition) is 3. The van der Waals surface area contributed by atoms with Crippen molar-refractivity contribution in [2.45, 2.75) is 49.1 Å². The van der Waals surface area contributed by atoms with Crippen LogP contribution in [-0.2, 0) is 4.74 Å². The Labute approximate surface area is 124 Å². The Morgan fingerprint density at radius 3 is 2.16 bits per heavy atom. The number of rotatable bonds is 2. The van der Waals surface area contributed by atoms with Crippen molar-refractivity contribution in [1.82, 2.24) is 10.2 Å². The molecule has 0 bridgehead atoms. The normalized spacial score (nSPS) is 20.7. The molecule has 1 rings (SSSR count). The fraction of sp³-hybridized carbons (Fsp3) is 0.909. The molecule has 8 heteroatoms. The molecule has 4 nitrogen and oxygen atoms in total. The summed E-state index contributed by atoms with van der Waals surface area (Å²) >= 11 is 1.87. The lowest BCUT2D eigenvalue weighted by Crippen LogP contribution is -2.77. The molecule has 0 saturated carbocycles. The van der Waals surface area contributed by atoms with Crippen molar-refractivity contribution in [1.29, 1.82) is 0 Å². The molecule has 0 spiro atoms. The Kier molecular flexibility index (Phi) is 4.66. The molecule has 0 aliphatic carbocycles. The summed E-state index contributed by atoms with van der Waals surface area (Å²) in [6.07, 6.45) is -5.11. The van der Waals surface area contributed by atoms with Gasteiger partial charge in [-0.1, -0.05) is 22.6 Å². The summed E-state index contributed by atoms with van der Waals surface area (Å²) in [6, 6.07) is 0. The third-order valence-corrected chi connectivity index (χ3v) is 2.90. The van der Waals surface area contributed by atoms with E-state index in [9.17, 15) is 18.0 Å². The Morgan fingerprint density at radius 2 is 1.84 bits per heavy atom. The Bertz CT molecular complexity index is 347. The number of nitrogens with zero attached hydrogens (tertiary/aromatic N) is 1. The zero-order valence-corrected chi connectivity index (χ0v) is 13.4. The fourth-order valence-corrected chi connectivity index (χ4v) is 2.39. The van der Waals surface area contributed by atoms with Crippen LogP contribution in [0.4, 0.5) is 18.0 Å². The first-order valence-corrected chi connectivity index (χ1v) is 7.07. The predicted octanol–water partition coefficient (Wildman–Crippen LogP) is 2.91. The fourth-order valence-electron chi connectivity index (χ4n) is 1.79. The molecule has 1 atom stereocenters. The third kappa shape index (κ3) is 4.11. The van der Waals surface area contributed by atoms with E-state index in [1.807, 2.05) is 22.6 Å². The van der Waals surface area contributed by atoms with Gasteiger partial charge in [0.25, 0.3) is 0 Å². The van der Waals surface area contributed by atoms with Gasteiger partial charge in [0.2, 0.25) is 0 Å². The molecule has 1 saturated heterocycles. The van der Waals surface area contributed by atoms with E-state index in [2.05, 4.69) is 5.32 Å². The zero-order chi connectivity index (χ0) is 15.1. The third-order valence-electron chi connectivity index (χ3n) is 2.59. The first-order valence-electron chi connectivity index (χ1n) is 5.83. The van der Waals surface area contributed by atoms with Gasteiger partial charge in [-0.2, -0.15) is 13.2 Å². The predicted molar refractivity (Wildman–Crippen MR) is 73.2 cm³/mol. The average molecular weight is 394 g/mol. The largest absolute Gasteiger partial charge is 0.444 e. The van der Waals surface area contributed by atoms with Crippen molar-refractivity contribution < 1.29 is 22.7 Å². The number of alkyl halides is 4. The maximum absolute atomic E-state index is 13.0. The lowest BCUT2D eigenvalue weighted by Gasteiger charge is -2.51. The van der Waals surface area contributed by atoms with Crippen LogP contribution in [-0.4, -0.2) is 45.4 Å². The number of ether oxygens (including phenoxy) is 1. The van der Waals surface area contributed by atoms with Crippen LogP contribution in [0.5, 0.6) is 0 Å². The second-order valence-corrected chi connectivity index (χ2v) is 7.55. The Morgan fingerprint density at radius 1 is 1.37 bits per heavy atom. The lowest BCUT2D eigenvalue weighted by molar-refractivity contribution is -0.230. The number of hydrogen-bond donors (Lipinski definition) is 1. The number of carbonyl (C=O) groups is 1. The minimum absolute atomic E-state index is 0.347. The molecule has 1 heterocycles. The molecule has 1 amide bonds. The van der Waals surface area contributed by atoms with Gasteiger partial charge in [0.05, 0.1) is 17.1 Å². The molecule has 1 unspecified atom stereocenters. The van der Waals surface area contributed by atoms with Crippen molar-refractivity contribution in [3.05, 3.63) is 0 Å². The quantitative estimate of drug-likeness (QED) is 0.445. The minimum Gasteiger partial charge on any atom is -0.444 e. The number of nitrogens with one attached hydrogen (secondary N) is 1. The molecule has 1 aliphatic heterocycles. The zero-order valence-electron chi connectivity index (χ0n) is 11.3. The van der Waals surface area contributed by atoms with E-state index in [-0.39, 0.29) is 4.05 Å². The van der Waals surface area contributed by atoms with Crippen LogP contribution in [0.15, 0.2) is 0 Å². The molecule has 112 valence electrons. The topological polar surface area (TPSA) is 41.6 Å². The van der Waals surface area contributed by atoms with Gasteiger partial charge in [-0.25, -0.2) is 4.79 Å². The summed E-state index contributed by atoms with van der Waals surface area (Å²) in [5, 5.41) is 2.49. The van der Waals surface area contributed by atoms with E-state index in [0.29, 0.717) is 0 Å². The number of halogens is 4. The van der Waals surface area contributed by atoms with Crippen LogP contribution < -0.4 is 5.32 Å². The van der Waals surface area contributed by atoms with E-state index in [4.69, 9.17) is 4.74 Å². The van der Waals surface area contributed by atoms with Crippen molar-refractivity contribution in [3.63, 3.8) is 0 Å². The summed E-state index contributed by atoms with van der Waals surface area (Å²) in [5.41, 5.74) is -2.73. The van der Waals surface area contributed by atoms with Crippen LogP contribution in [0.1, 0.15) is 27.7 Å². The lowest BCUT2D eigenvalue weighted by atomic mass is 9.89. The van der Waals surface area contributed by atoms with Gasteiger partial charge in [0.1, 0.15) is 5.60 Å². The van der Waals surface area contributed by atoms with Gasteiger partial charge >= 0.3 is 12.3 Å². The molecule has 1 aliphatic rings. The molecule has 1 fully saturated rings. The SMILES string of the molecule is CC(I)NC1(C(F)(F)F)CN(C(=O)OC(C)(C)C)C1. The van der Waals surface area contributed by atoms with Crippen molar-refractivity contribution >= 4 is 28.7 Å². The molecular weight excluding hydrogens is 376 g/mol. The molecule has 1 N–H and O–H groups in total. The van der Waals surface area contributed by atoms with Crippen LogP contribution in [0.3, 0.4) is 0 Å². The molecule has 19 heavy (non-hydrogen) atoms. The van der Waals surface area contributed by atoms with Crippen LogP contribution >= 0.6 is 22.6 Å². The van der Waals surface area contributed by atoms with Gasteiger partial charge in [-0.15, -0.1) is 0 Å². The maximum Gasteiger partial charge on any atom is 0.410 e. The van der Waals surface area contributed by atoms with E-state index in [1.54, 1.807) is 27.7 Å². The number of carbonyl (C=O) groups excluding carboxylic acids is 1. The molecular formula is C11H18F3IN2O2. The highest BCUT2D eigenvalue weighted by Gasteiger charge is 2.63. The molecule has 0 aromatic carbocycles. The molecule has 0 aromatic heterocycles. The van der Waals surface area contributed by atoms with E-state index in [0.717, 1.165) is 4.90 Å². The van der Waals surface area contributed by atoms with Crippen LogP contribution in [0, 0.1) is 0 Å². The first-order chi connectivity index (χ1) is 8.36. The standard InChI is InChI=1S/C11H18F3IN2O2/c1-7(15)16-10(11(12,13)14)5-17(6-10)8(18)19-9(2,3)4/h7,16H,5-6H2,1-4H3. The van der Waals surface area contributed by atoms with Gasteiger partial charge in [0, 0.05) is 0 Å². The maximum atomic E-state index is 13.0. The van der Waals surface area contributed by atoms with Crippen LogP contribution in [0.25, 0.3) is 0 Å². The summed E-state index contributed by atoms with van der Waals surface area (Å²) < 4.78 is 43.8. The van der Waals surface area contributed by atoms with Gasteiger partial charge in [-0.05, 0) is 27.7 Å². The molecule has 0 radical (unpaired) electrons. The first kappa shape index (κ1) is 16.8. The second-order valence-electron chi connectivity index (χ2n) is 5.68. The summed E-state index contributed by atoms with van der Waals surface area (Å²) in [7, 11) is 0. The second kappa shape index (κ2) is 5.27. The van der Waals surface area contributed by atoms with E-state index < -0.39 is 36.5 Å². The number of amides is 1. The van der Waals surface area contributed by atoms with E-state index in [1.165, 1.54) is 0 Å². The van der Waals surface area contributed by atoms with Crippen molar-refractivity contribution in [2.75, 3.05) is 13.1 Å². The highest BCUT2D eigenvalue weighted by Crippen LogP contribution is 2.39. The average Bonchev–Trinajstić information content (AvgIpc) is 2.04. The smallest absolute Gasteiger partial charge is 0.410 e. The highest BCUT2D eigenvalue weighted by atomic mass is 127. The monoisotopic (exact) mass is 394 g/mol. The Hall–Kier alpha value is -0.250. The minimum atomic E-state index is -4.40. The van der Waals surface area contributed by atoms with Gasteiger partial charge in [0.15, 0.2) is 5.54 Å². The van der Waals surface area contributed by atoms with Gasteiger partial charge < -0.3 is 9.64 Å². The van der Waals surface area contributed by atoms with Crippen molar-refractivity contribution in [2.24, 2.45) is 0 Å².